The van der Waals surface area contributed by atoms with Crippen LogP contribution < -0.4 is 5.73 Å². The highest BCUT2D eigenvalue weighted by molar-refractivity contribution is 5.76. The summed E-state index contributed by atoms with van der Waals surface area (Å²) in [7, 11) is 0. The summed E-state index contributed by atoms with van der Waals surface area (Å²) in [5, 5.41) is 19.5. The van der Waals surface area contributed by atoms with E-state index in [1.165, 1.54) is 6.08 Å². The van der Waals surface area contributed by atoms with Gasteiger partial charge in [-0.1, -0.05) is 32.0 Å². The van der Waals surface area contributed by atoms with Gasteiger partial charge in [0.15, 0.2) is 0 Å². The third-order valence-corrected chi connectivity index (χ3v) is 2.91. The number of rotatable bonds is 5. The van der Waals surface area contributed by atoms with Crippen molar-refractivity contribution < 1.29 is 14.6 Å². The molecular weight excluding hydrogens is 245 g/mol. The Morgan fingerprint density at radius 1 is 1.26 bits per heavy atom. The molecule has 0 fully saturated rings. The second-order valence-corrected chi connectivity index (χ2v) is 4.19. The van der Waals surface area contributed by atoms with Crippen LogP contribution in [-0.4, -0.2) is 10.2 Å². The van der Waals surface area contributed by atoms with Gasteiger partial charge in [0.25, 0.3) is 0 Å². The average molecular weight is 265 g/mol. The minimum Gasteiger partial charge on any atom is -0.512 e. The van der Waals surface area contributed by atoms with Crippen molar-refractivity contribution >= 4 is 5.57 Å². The molecule has 0 saturated carbocycles. The molecule has 4 heteroatoms. The van der Waals surface area contributed by atoms with E-state index < -0.39 is 5.82 Å². The van der Waals surface area contributed by atoms with E-state index in [4.69, 9.17) is 5.73 Å². The standard InChI is InChI=1S/C15H20FNO2/c1-3-11(18)8-13(14(19)4-2)12-7-5-6-10(9-17)15(12)16/h5-8,18-19H,3-4,9,17H2,1-2H3/b11-8+,14-13-. The lowest BCUT2D eigenvalue weighted by Crippen LogP contribution is -2.03. The number of hydrogen-bond donors (Lipinski definition) is 3. The van der Waals surface area contributed by atoms with Gasteiger partial charge in [0.2, 0.25) is 0 Å². The molecule has 0 bridgehead atoms. The van der Waals surface area contributed by atoms with Gasteiger partial charge in [0, 0.05) is 36.1 Å². The summed E-state index contributed by atoms with van der Waals surface area (Å²) in [5.74, 6) is -0.333. The third-order valence-electron chi connectivity index (χ3n) is 2.91. The first-order valence-electron chi connectivity index (χ1n) is 6.34. The van der Waals surface area contributed by atoms with Crippen molar-refractivity contribution in [1.82, 2.24) is 0 Å². The number of hydrogen-bond acceptors (Lipinski definition) is 3. The van der Waals surface area contributed by atoms with Gasteiger partial charge in [-0.3, -0.25) is 0 Å². The predicted molar refractivity (Wildman–Crippen MR) is 75.1 cm³/mol. The van der Waals surface area contributed by atoms with Gasteiger partial charge in [-0.2, -0.15) is 0 Å². The normalized spacial score (nSPS) is 13.4. The Morgan fingerprint density at radius 3 is 2.47 bits per heavy atom. The van der Waals surface area contributed by atoms with Crippen LogP contribution in [0.5, 0.6) is 0 Å². The molecule has 0 amide bonds. The molecule has 0 heterocycles. The Labute approximate surface area is 112 Å². The molecule has 1 aromatic rings. The molecule has 0 aliphatic carbocycles. The molecule has 19 heavy (non-hydrogen) atoms. The molecule has 0 unspecified atom stereocenters. The Hall–Kier alpha value is -1.81. The fourth-order valence-corrected chi connectivity index (χ4v) is 1.72. The molecule has 4 N–H and O–H groups in total. The SMILES string of the molecule is CC/C(O)=C(\C=C(\O)CC)c1cccc(CN)c1F. The monoisotopic (exact) mass is 265 g/mol. The van der Waals surface area contributed by atoms with E-state index in [-0.39, 0.29) is 23.6 Å². The fourth-order valence-electron chi connectivity index (χ4n) is 1.72. The average Bonchev–Trinajstić information content (AvgIpc) is 2.44. The van der Waals surface area contributed by atoms with Crippen LogP contribution in [0, 0.1) is 5.82 Å². The molecule has 1 rings (SSSR count). The van der Waals surface area contributed by atoms with Crippen LogP contribution in [0.1, 0.15) is 37.8 Å². The largest absolute Gasteiger partial charge is 0.512 e. The van der Waals surface area contributed by atoms with Crippen molar-refractivity contribution in [2.45, 2.75) is 33.2 Å². The van der Waals surface area contributed by atoms with Crippen molar-refractivity contribution in [1.29, 1.82) is 0 Å². The molecule has 0 spiro atoms. The highest BCUT2D eigenvalue weighted by Gasteiger charge is 2.13. The van der Waals surface area contributed by atoms with E-state index >= 15 is 0 Å². The van der Waals surface area contributed by atoms with Crippen molar-refractivity contribution in [3.63, 3.8) is 0 Å². The van der Waals surface area contributed by atoms with Crippen molar-refractivity contribution in [2.24, 2.45) is 5.73 Å². The molecule has 3 nitrogen and oxygen atoms in total. The molecule has 0 saturated heterocycles. The van der Waals surface area contributed by atoms with Gasteiger partial charge in [-0.05, 0) is 6.08 Å². The number of allylic oxidation sites excluding steroid dienone is 4. The van der Waals surface area contributed by atoms with Crippen LogP contribution in [0.4, 0.5) is 4.39 Å². The summed E-state index contributed by atoms with van der Waals surface area (Å²) in [5.41, 5.74) is 6.40. The molecule has 104 valence electrons. The van der Waals surface area contributed by atoms with Gasteiger partial charge in [-0.25, -0.2) is 4.39 Å². The smallest absolute Gasteiger partial charge is 0.135 e. The molecule has 1 aromatic carbocycles. The van der Waals surface area contributed by atoms with Crippen LogP contribution in [-0.2, 0) is 6.54 Å². The lowest BCUT2D eigenvalue weighted by Gasteiger charge is -2.11. The molecule has 0 aliphatic heterocycles. The van der Waals surface area contributed by atoms with Gasteiger partial charge in [0.05, 0.1) is 11.5 Å². The van der Waals surface area contributed by atoms with Crippen molar-refractivity contribution in [3.8, 4) is 0 Å². The molecule has 0 aliphatic rings. The summed E-state index contributed by atoms with van der Waals surface area (Å²) in [6.45, 7) is 3.62. The fraction of sp³-hybridized carbons (Fsp3) is 0.333. The maximum absolute atomic E-state index is 14.2. The number of aliphatic hydroxyl groups excluding tert-OH is 2. The lowest BCUT2D eigenvalue weighted by molar-refractivity contribution is 0.388. The Bertz CT molecular complexity index is 507. The van der Waals surface area contributed by atoms with Crippen LogP contribution in [0.25, 0.3) is 5.57 Å². The maximum Gasteiger partial charge on any atom is 0.135 e. The Balaban J connectivity index is 3.43. The third kappa shape index (κ3) is 3.58. The predicted octanol–water partition coefficient (Wildman–Crippen LogP) is 3.82. The van der Waals surface area contributed by atoms with Crippen LogP contribution >= 0.6 is 0 Å². The van der Waals surface area contributed by atoms with Gasteiger partial charge in [-0.15, -0.1) is 0 Å². The van der Waals surface area contributed by atoms with E-state index in [2.05, 4.69) is 0 Å². The van der Waals surface area contributed by atoms with E-state index in [0.29, 0.717) is 24.0 Å². The number of halogens is 1. The molecule has 0 atom stereocenters. The highest BCUT2D eigenvalue weighted by Crippen LogP contribution is 2.26. The zero-order chi connectivity index (χ0) is 14.4. The zero-order valence-corrected chi connectivity index (χ0v) is 11.3. The second-order valence-electron chi connectivity index (χ2n) is 4.19. The Morgan fingerprint density at radius 2 is 1.95 bits per heavy atom. The summed E-state index contributed by atoms with van der Waals surface area (Å²) in [6, 6.07) is 4.85. The van der Waals surface area contributed by atoms with Gasteiger partial charge < -0.3 is 15.9 Å². The van der Waals surface area contributed by atoms with Crippen LogP contribution in [0.15, 0.2) is 35.8 Å². The highest BCUT2D eigenvalue weighted by atomic mass is 19.1. The van der Waals surface area contributed by atoms with Gasteiger partial charge >= 0.3 is 0 Å². The first-order valence-corrected chi connectivity index (χ1v) is 6.34. The summed E-state index contributed by atoms with van der Waals surface area (Å²) < 4.78 is 14.2. The minimum atomic E-state index is -0.458. The maximum atomic E-state index is 14.2. The number of nitrogens with two attached hydrogens (primary N) is 1. The van der Waals surface area contributed by atoms with Gasteiger partial charge in [0.1, 0.15) is 5.82 Å². The molecular formula is C15H20FNO2. The van der Waals surface area contributed by atoms with Crippen molar-refractivity contribution in [2.75, 3.05) is 0 Å². The summed E-state index contributed by atoms with van der Waals surface area (Å²) >= 11 is 0. The Kier molecular flexibility index (Phi) is 5.57. The van der Waals surface area contributed by atoms with E-state index in [9.17, 15) is 14.6 Å². The number of benzene rings is 1. The summed E-state index contributed by atoms with van der Waals surface area (Å²) in [4.78, 5) is 0. The van der Waals surface area contributed by atoms with E-state index in [0.717, 1.165) is 0 Å². The minimum absolute atomic E-state index is 0.0353. The van der Waals surface area contributed by atoms with Crippen molar-refractivity contribution in [3.05, 3.63) is 52.7 Å². The van der Waals surface area contributed by atoms with E-state index in [1.54, 1.807) is 32.0 Å². The summed E-state index contributed by atoms with van der Waals surface area (Å²) in [6.07, 6.45) is 2.17. The molecule has 0 radical (unpaired) electrons. The number of aliphatic hydroxyl groups is 2. The van der Waals surface area contributed by atoms with Crippen LogP contribution in [0.3, 0.4) is 0 Å². The lowest BCUT2D eigenvalue weighted by atomic mass is 9.99. The van der Waals surface area contributed by atoms with Crippen LogP contribution in [0.2, 0.25) is 0 Å². The van der Waals surface area contributed by atoms with E-state index in [1.807, 2.05) is 0 Å². The molecule has 0 aromatic heterocycles. The topological polar surface area (TPSA) is 66.5 Å². The zero-order valence-electron chi connectivity index (χ0n) is 11.3. The first kappa shape index (κ1) is 15.2. The second kappa shape index (κ2) is 6.95. The quantitative estimate of drug-likeness (QED) is 0.560. The first-order chi connectivity index (χ1) is 9.04.